The third-order valence-electron chi connectivity index (χ3n) is 5.89. The molecule has 2 aliphatic heterocycles. The van der Waals surface area contributed by atoms with Gasteiger partial charge in [-0.3, -0.25) is 9.69 Å². The molecular weight excluding hydrogens is 336 g/mol. The van der Waals surface area contributed by atoms with Gasteiger partial charge < -0.3 is 9.64 Å². The maximum atomic E-state index is 11.7. The molecule has 0 spiro atoms. The minimum Gasteiger partial charge on any atom is -0.457 e. The van der Waals surface area contributed by atoms with Crippen LogP contribution in [0, 0.1) is 5.92 Å². The molecule has 0 radical (unpaired) electrons. The van der Waals surface area contributed by atoms with Gasteiger partial charge in [-0.2, -0.15) is 0 Å². The highest BCUT2D eigenvalue weighted by Crippen LogP contribution is 2.32. The van der Waals surface area contributed by atoms with E-state index in [0.717, 1.165) is 44.1 Å². The average Bonchev–Trinajstić information content (AvgIpc) is 2.69. The molecule has 2 atom stereocenters. The number of ether oxygens (including phenoxy) is 1. The van der Waals surface area contributed by atoms with E-state index in [1.165, 1.54) is 18.4 Å². The Hall–Kier alpha value is -2.33. The topological polar surface area (TPSA) is 32.8 Å². The standard InChI is InChI=1S/C23H28N2O2/c1-18(26)24-14-12-23-20(17-24)8-6-13-25(23)16-19-7-5-11-22(15-19)27-21-9-3-2-4-10-21/h2-5,7,9-11,15,20,23H,6,8,12-14,16-17H2,1H3/t20-,23+/m1/s1. The van der Waals surface area contributed by atoms with Crippen LogP contribution in [-0.2, 0) is 11.3 Å². The summed E-state index contributed by atoms with van der Waals surface area (Å²) in [6.45, 7) is 5.61. The first-order chi connectivity index (χ1) is 13.2. The number of fused-ring (bicyclic) bond motifs is 1. The lowest BCUT2D eigenvalue weighted by molar-refractivity contribution is -0.132. The van der Waals surface area contributed by atoms with Crippen molar-refractivity contribution in [3.8, 4) is 11.5 Å². The van der Waals surface area contributed by atoms with E-state index in [0.29, 0.717) is 12.0 Å². The van der Waals surface area contributed by atoms with Crippen molar-refractivity contribution in [3.05, 3.63) is 60.2 Å². The van der Waals surface area contributed by atoms with Crippen LogP contribution in [0.15, 0.2) is 54.6 Å². The fourth-order valence-corrected chi connectivity index (χ4v) is 4.56. The van der Waals surface area contributed by atoms with Gasteiger partial charge in [-0.15, -0.1) is 0 Å². The molecule has 2 aliphatic rings. The molecule has 2 fully saturated rings. The van der Waals surface area contributed by atoms with Gasteiger partial charge in [0.15, 0.2) is 0 Å². The van der Waals surface area contributed by atoms with E-state index >= 15 is 0 Å². The van der Waals surface area contributed by atoms with Gasteiger partial charge >= 0.3 is 0 Å². The number of piperidine rings is 2. The van der Waals surface area contributed by atoms with Gasteiger partial charge in [-0.25, -0.2) is 0 Å². The van der Waals surface area contributed by atoms with Crippen LogP contribution in [0.1, 0.15) is 31.7 Å². The van der Waals surface area contributed by atoms with E-state index in [2.05, 4.69) is 23.1 Å². The summed E-state index contributed by atoms with van der Waals surface area (Å²) in [6.07, 6.45) is 3.54. The molecule has 2 aromatic carbocycles. The molecule has 4 nitrogen and oxygen atoms in total. The van der Waals surface area contributed by atoms with Crippen molar-refractivity contribution in [2.75, 3.05) is 19.6 Å². The number of benzene rings is 2. The lowest BCUT2D eigenvalue weighted by atomic mass is 9.83. The SMILES string of the molecule is CC(=O)N1CC[C@H]2[C@H](CCCN2Cc2cccc(Oc3ccccc3)c2)C1. The van der Waals surface area contributed by atoms with Gasteiger partial charge in [0.05, 0.1) is 0 Å². The Morgan fingerprint density at radius 3 is 2.67 bits per heavy atom. The highest BCUT2D eigenvalue weighted by atomic mass is 16.5. The summed E-state index contributed by atoms with van der Waals surface area (Å²) in [5.41, 5.74) is 1.29. The molecule has 1 amide bonds. The number of carbonyl (C=O) groups excluding carboxylic acids is 1. The molecule has 0 aromatic heterocycles. The minimum absolute atomic E-state index is 0.219. The lowest BCUT2D eigenvalue weighted by Crippen LogP contribution is -2.54. The first-order valence-corrected chi connectivity index (χ1v) is 10.0. The Bertz CT molecular complexity index is 777. The third kappa shape index (κ3) is 4.33. The van der Waals surface area contributed by atoms with Crippen molar-refractivity contribution >= 4 is 5.91 Å². The third-order valence-corrected chi connectivity index (χ3v) is 5.89. The summed E-state index contributed by atoms with van der Waals surface area (Å²) in [6, 6.07) is 18.9. The van der Waals surface area contributed by atoms with Gasteiger partial charge in [0.2, 0.25) is 5.91 Å². The van der Waals surface area contributed by atoms with E-state index in [1.807, 2.05) is 41.3 Å². The van der Waals surface area contributed by atoms with Gasteiger partial charge in [0.25, 0.3) is 0 Å². The number of likely N-dealkylation sites (tertiary alicyclic amines) is 2. The minimum atomic E-state index is 0.219. The number of rotatable bonds is 4. The summed E-state index contributed by atoms with van der Waals surface area (Å²) in [5, 5.41) is 0. The van der Waals surface area contributed by atoms with Gasteiger partial charge in [0, 0.05) is 32.6 Å². The van der Waals surface area contributed by atoms with Crippen molar-refractivity contribution in [1.29, 1.82) is 0 Å². The maximum Gasteiger partial charge on any atom is 0.219 e. The summed E-state index contributed by atoms with van der Waals surface area (Å²) >= 11 is 0. The predicted octanol–water partition coefficient (Wildman–Crippen LogP) is 4.31. The van der Waals surface area contributed by atoms with E-state index in [-0.39, 0.29) is 5.91 Å². The number of hydrogen-bond acceptors (Lipinski definition) is 3. The molecule has 2 heterocycles. The Morgan fingerprint density at radius 2 is 1.85 bits per heavy atom. The summed E-state index contributed by atoms with van der Waals surface area (Å²) in [4.78, 5) is 16.4. The summed E-state index contributed by atoms with van der Waals surface area (Å²) < 4.78 is 5.99. The summed E-state index contributed by atoms with van der Waals surface area (Å²) in [5.74, 6) is 2.58. The molecule has 0 saturated carbocycles. The zero-order chi connectivity index (χ0) is 18.6. The highest BCUT2D eigenvalue weighted by molar-refractivity contribution is 5.73. The second-order valence-electron chi connectivity index (χ2n) is 7.76. The number of hydrogen-bond donors (Lipinski definition) is 0. The molecule has 4 rings (SSSR count). The quantitative estimate of drug-likeness (QED) is 0.810. The van der Waals surface area contributed by atoms with Gasteiger partial charge in [-0.05, 0) is 61.6 Å². The van der Waals surface area contributed by atoms with E-state index in [4.69, 9.17) is 4.74 Å². The van der Waals surface area contributed by atoms with Crippen LogP contribution in [0.4, 0.5) is 0 Å². The van der Waals surface area contributed by atoms with Crippen molar-refractivity contribution in [3.63, 3.8) is 0 Å². The number of amides is 1. The molecule has 0 unspecified atom stereocenters. The Labute approximate surface area is 161 Å². The van der Waals surface area contributed by atoms with Crippen molar-refractivity contribution in [2.45, 2.75) is 38.8 Å². The molecule has 0 aliphatic carbocycles. The van der Waals surface area contributed by atoms with Crippen LogP contribution in [0.25, 0.3) is 0 Å². The summed E-state index contributed by atoms with van der Waals surface area (Å²) in [7, 11) is 0. The van der Waals surface area contributed by atoms with Crippen molar-refractivity contribution < 1.29 is 9.53 Å². The van der Waals surface area contributed by atoms with Crippen LogP contribution in [-0.4, -0.2) is 41.4 Å². The van der Waals surface area contributed by atoms with Crippen LogP contribution < -0.4 is 4.74 Å². The van der Waals surface area contributed by atoms with Crippen molar-refractivity contribution in [2.24, 2.45) is 5.92 Å². The van der Waals surface area contributed by atoms with Gasteiger partial charge in [0.1, 0.15) is 11.5 Å². The largest absolute Gasteiger partial charge is 0.457 e. The first kappa shape index (κ1) is 18.1. The molecule has 27 heavy (non-hydrogen) atoms. The number of carbonyl (C=O) groups is 1. The highest BCUT2D eigenvalue weighted by Gasteiger charge is 2.36. The zero-order valence-electron chi connectivity index (χ0n) is 16.0. The average molecular weight is 364 g/mol. The van der Waals surface area contributed by atoms with Gasteiger partial charge in [-0.1, -0.05) is 30.3 Å². The molecule has 2 aromatic rings. The van der Waals surface area contributed by atoms with Crippen LogP contribution in [0.2, 0.25) is 0 Å². The number of para-hydroxylation sites is 1. The first-order valence-electron chi connectivity index (χ1n) is 10.0. The van der Waals surface area contributed by atoms with Crippen LogP contribution in [0.3, 0.4) is 0 Å². The molecule has 142 valence electrons. The van der Waals surface area contributed by atoms with E-state index in [1.54, 1.807) is 6.92 Å². The molecule has 0 N–H and O–H groups in total. The Morgan fingerprint density at radius 1 is 1.04 bits per heavy atom. The van der Waals surface area contributed by atoms with Crippen molar-refractivity contribution in [1.82, 2.24) is 9.80 Å². The predicted molar refractivity (Wildman–Crippen MR) is 107 cm³/mol. The molecule has 0 bridgehead atoms. The normalized spacial score (nSPS) is 22.9. The second kappa shape index (κ2) is 8.13. The van der Waals surface area contributed by atoms with Crippen LogP contribution in [0.5, 0.6) is 11.5 Å². The second-order valence-corrected chi connectivity index (χ2v) is 7.76. The monoisotopic (exact) mass is 364 g/mol. The van der Waals surface area contributed by atoms with E-state index < -0.39 is 0 Å². The maximum absolute atomic E-state index is 11.7. The zero-order valence-corrected chi connectivity index (χ0v) is 16.0. The smallest absolute Gasteiger partial charge is 0.219 e. The molecular formula is C23H28N2O2. The molecule has 2 saturated heterocycles. The lowest BCUT2D eigenvalue weighted by Gasteiger charge is -2.47. The Kier molecular flexibility index (Phi) is 5.44. The van der Waals surface area contributed by atoms with Crippen LogP contribution >= 0.6 is 0 Å². The fourth-order valence-electron chi connectivity index (χ4n) is 4.56. The number of nitrogens with zero attached hydrogens (tertiary/aromatic N) is 2. The van der Waals surface area contributed by atoms with E-state index in [9.17, 15) is 4.79 Å². The fraction of sp³-hybridized carbons (Fsp3) is 0.435. The Balaban J connectivity index is 1.43. The molecule has 4 heteroatoms.